The van der Waals surface area contributed by atoms with Gasteiger partial charge in [0, 0.05) is 30.5 Å². The zero-order valence-electron chi connectivity index (χ0n) is 12.1. The van der Waals surface area contributed by atoms with Crippen molar-refractivity contribution in [3.63, 3.8) is 0 Å². The lowest BCUT2D eigenvalue weighted by Crippen LogP contribution is -2.19. The molecule has 1 N–H and O–H groups in total. The molecule has 2 aromatic rings. The minimum atomic E-state index is -0.158. The first kappa shape index (κ1) is 14.5. The fourth-order valence-corrected chi connectivity index (χ4v) is 2.22. The number of para-hydroxylation sites is 1. The molecule has 2 nitrogen and oxygen atoms in total. The molecule has 0 atom stereocenters. The summed E-state index contributed by atoms with van der Waals surface area (Å²) in [5, 5.41) is 3.27. The van der Waals surface area contributed by atoms with Crippen molar-refractivity contribution in [1.29, 1.82) is 0 Å². The Hall–Kier alpha value is -1.87. The average Bonchev–Trinajstić information content (AvgIpc) is 2.49. The number of anilines is 2. The van der Waals surface area contributed by atoms with Gasteiger partial charge in [0.1, 0.15) is 5.82 Å². The highest BCUT2D eigenvalue weighted by Gasteiger charge is 2.12. The lowest BCUT2D eigenvalue weighted by Gasteiger charge is -2.23. The van der Waals surface area contributed by atoms with Crippen LogP contribution in [0.4, 0.5) is 15.8 Å². The van der Waals surface area contributed by atoms with Gasteiger partial charge in [0.25, 0.3) is 0 Å². The highest BCUT2D eigenvalue weighted by molar-refractivity contribution is 5.65. The van der Waals surface area contributed by atoms with Gasteiger partial charge in [-0.25, -0.2) is 4.39 Å². The number of rotatable bonds is 6. The molecule has 20 heavy (non-hydrogen) atoms. The van der Waals surface area contributed by atoms with E-state index in [4.69, 9.17) is 0 Å². The maximum Gasteiger partial charge on any atom is 0.129 e. The number of halogens is 1. The van der Waals surface area contributed by atoms with E-state index < -0.39 is 0 Å². The van der Waals surface area contributed by atoms with Crippen molar-refractivity contribution in [2.45, 2.75) is 19.9 Å². The Morgan fingerprint density at radius 1 is 1.05 bits per heavy atom. The highest BCUT2D eigenvalue weighted by atomic mass is 19.1. The Labute approximate surface area is 120 Å². The lowest BCUT2D eigenvalue weighted by atomic mass is 10.1. The quantitative estimate of drug-likeness (QED) is 0.797. The predicted octanol–water partition coefficient (Wildman–Crippen LogP) is 4.09. The highest BCUT2D eigenvalue weighted by Crippen LogP contribution is 2.28. The smallest absolute Gasteiger partial charge is 0.129 e. The Balaban J connectivity index is 2.28. The van der Waals surface area contributed by atoms with Crippen LogP contribution >= 0.6 is 0 Å². The van der Waals surface area contributed by atoms with Gasteiger partial charge in [-0.2, -0.15) is 0 Å². The van der Waals surface area contributed by atoms with Gasteiger partial charge in [0.2, 0.25) is 0 Å². The Morgan fingerprint density at radius 2 is 1.80 bits per heavy atom. The second-order valence-electron chi connectivity index (χ2n) is 4.81. The summed E-state index contributed by atoms with van der Waals surface area (Å²) in [6.07, 6.45) is 1.04. The predicted molar refractivity (Wildman–Crippen MR) is 82.9 cm³/mol. The van der Waals surface area contributed by atoms with Gasteiger partial charge in [-0.15, -0.1) is 0 Å². The fourth-order valence-electron chi connectivity index (χ4n) is 2.22. The summed E-state index contributed by atoms with van der Waals surface area (Å²) in [4.78, 5) is 2.02. The van der Waals surface area contributed by atoms with E-state index in [1.54, 1.807) is 6.07 Å². The molecule has 0 aliphatic rings. The zero-order valence-corrected chi connectivity index (χ0v) is 12.1. The number of nitrogens with one attached hydrogen (secondary N) is 1. The monoisotopic (exact) mass is 272 g/mol. The van der Waals surface area contributed by atoms with Crippen LogP contribution in [0.25, 0.3) is 0 Å². The third-order valence-corrected chi connectivity index (χ3v) is 3.33. The van der Waals surface area contributed by atoms with Crippen molar-refractivity contribution < 1.29 is 4.39 Å². The first-order chi connectivity index (χ1) is 9.74. The van der Waals surface area contributed by atoms with E-state index in [0.29, 0.717) is 12.1 Å². The number of nitrogens with zero attached hydrogens (tertiary/aromatic N) is 1. The summed E-state index contributed by atoms with van der Waals surface area (Å²) >= 11 is 0. The Bertz CT molecular complexity index is 540. The Kier molecular flexibility index (Phi) is 5.13. The van der Waals surface area contributed by atoms with Crippen LogP contribution in [0, 0.1) is 5.82 Å². The molecule has 0 bridgehead atoms. The SMILES string of the molecule is CCCNCc1c(F)cccc1N(C)c1ccccc1. The number of hydrogen-bond donors (Lipinski definition) is 1. The number of benzene rings is 2. The molecule has 0 spiro atoms. The molecule has 0 unspecified atom stereocenters. The fraction of sp³-hybridized carbons (Fsp3) is 0.294. The molecule has 0 saturated heterocycles. The molecule has 0 fully saturated rings. The van der Waals surface area contributed by atoms with E-state index in [0.717, 1.165) is 24.3 Å². The second-order valence-corrected chi connectivity index (χ2v) is 4.81. The third kappa shape index (κ3) is 3.36. The summed E-state index contributed by atoms with van der Waals surface area (Å²) in [5.74, 6) is -0.158. The third-order valence-electron chi connectivity index (χ3n) is 3.33. The van der Waals surface area contributed by atoms with Gasteiger partial charge in [-0.05, 0) is 37.2 Å². The van der Waals surface area contributed by atoms with Crippen LogP contribution in [0.1, 0.15) is 18.9 Å². The molecule has 3 heteroatoms. The van der Waals surface area contributed by atoms with Crippen LogP contribution in [-0.4, -0.2) is 13.6 Å². The summed E-state index contributed by atoms with van der Waals surface area (Å²) in [6.45, 7) is 3.54. The van der Waals surface area contributed by atoms with Crippen molar-refractivity contribution in [3.05, 3.63) is 59.9 Å². The summed E-state index contributed by atoms with van der Waals surface area (Å²) in [5.41, 5.74) is 2.67. The van der Waals surface area contributed by atoms with Crippen LogP contribution in [-0.2, 0) is 6.54 Å². The molecule has 0 aromatic heterocycles. The van der Waals surface area contributed by atoms with Gasteiger partial charge >= 0.3 is 0 Å². The molecular weight excluding hydrogens is 251 g/mol. The van der Waals surface area contributed by atoms with Crippen molar-refractivity contribution in [3.8, 4) is 0 Å². The van der Waals surface area contributed by atoms with Crippen LogP contribution in [0.2, 0.25) is 0 Å². The molecular formula is C17H21FN2. The van der Waals surface area contributed by atoms with E-state index in [1.807, 2.05) is 48.3 Å². The molecule has 2 aromatic carbocycles. The molecule has 0 amide bonds. The zero-order chi connectivity index (χ0) is 14.4. The van der Waals surface area contributed by atoms with Crippen molar-refractivity contribution in [2.24, 2.45) is 0 Å². The average molecular weight is 272 g/mol. The van der Waals surface area contributed by atoms with Gasteiger partial charge in [0.15, 0.2) is 0 Å². The second kappa shape index (κ2) is 7.06. The first-order valence-corrected chi connectivity index (χ1v) is 7.01. The van der Waals surface area contributed by atoms with Crippen molar-refractivity contribution >= 4 is 11.4 Å². The molecule has 2 rings (SSSR count). The van der Waals surface area contributed by atoms with E-state index >= 15 is 0 Å². The van der Waals surface area contributed by atoms with Gasteiger partial charge in [-0.3, -0.25) is 0 Å². The van der Waals surface area contributed by atoms with Crippen LogP contribution < -0.4 is 10.2 Å². The van der Waals surface area contributed by atoms with Gasteiger partial charge in [-0.1, -0.05) is 31.2 Å². The summed E-state index contributed by atoms with van der Waals surface area (Å²) in [7, 11) is 1.97. The van der Waals surface area contributed by atoms with Gasteiger partial charge < -0.3 is 10.2 Å². The van der Waals surface area contributed by atoms with E-state index in [9.17, 15) is 4.39 Å². The van der Waals surface area contributed by atoms with E-state index in [2.05, 4.69) is 12.2 Å². The van der Waals surface area contributed by atoms with Crippen molar-refractivity contribution in [1.82, 2.24) is 5.32 Å². The molecule has 0 heterocycles. The minimum Gasteiger partial charge on any atom is -0.344 e. The van der Waals surface area contributed by atoms with Crippen LogP contribution in [0.15, 0.2) is 48.5 Å². The van der Waals surface area contributed by atoms with Crippen LogP contribution in [0.3, 0.4) is 0 Å². The summed E-state index contributed by atoms with van der Waals surface area (Å²) < 4.78 is 14.1. The van der Waals surface area contributed by atoms with E-state index in [-0.39, 0.29) is 5.82 Å². The van der Waals surface area contributed by atoms with Gasteiger partial charge in [0.05, 0.1) is 0 Å². The van der Waals surface area contributed by atoms with Crippen molar-refractivity contribution in [2.75, 3.05) is 18.5 Å². The maximum absolute atomic E-state index is 14.1. The Morgan fingerprint density at radius 3 is 2.50 bits per heavy atom. The largest absolute Gasteiger partial charge is 0.344 e. The standard InChI is InChI=1S/C17H21FN2/c1-3-12-19-13-15-16(18)10-7-11-17(15)20(2)14-8-5-4-6-9-14/h4-11,19H,3,12-13H2,1-2H3. The molecule has 106 valence electrons. The maximum atomic E-state index is 14.1. The molecule has 0 aliphatic carbocycles. The molecule has 0 radical (unpaired) electrons. The lowest BCUT2D eigenvalue weighted by molar-refractivity contribution is 0.586. The minimum absolute atomic E-state index is 0.158. The molecule has 0 aliphatic heterocycles. The first-order valence-electron chi connectivity index (χ1n) is 7.01. The summed E-state index contributed by atoms with van der Waals surface area (Å²) in [6, 6.07) is 15.2. The van der Waals surface area contributed by atoms with Crippen LogP contribution in [0.5, 0.6) is 0 Å². The number of hydrogen-bond acceptors (Lipinski definition) is 2. The molecule has 0 saturated carbocycles. The normalized spacial score (nSPS) is 10.6. The van der Waals surface area contributed by atoms with E-state index in [1.165, 1.54) is 6.07 Å². The topological polar surface area (TPSA) is 15.3 Å².